The molecule has 94 valence electrons. The number of nitrogens with one attached hydrogen (secondary N) is 1. The van der Waals surface area contributed by atoms with Crippen molar-refractivity contribution in [3.05, 3.63) is 52.1 Å². The molecule has 0 aliphatic heterocycles. The molecule has 3 aromatic heterocycles. The minimum atomic E-state index is 0.988. The Morgan fingerprint density at radius 1 is 1.22 bits per heavy atom. The monoisotopic (exact) mass is 371 g/mol. The molecule has 3 aromatic rings. The quantitative estimate of drug-likeness (QED) is 0.713. The lowest BCUT2D eigenvalue weighted by atomic mass is 10.6. The Bertz CT molecular complexity index is 597. The summed E-state index contributed by atoms with van der Waals surface area (Å²) in [5, 5.41) is 10.5. The minimum absolute atomic E-state index is 0.988. The van der Waals surface area contributed by atoms with Crippen molar-refractivity contribution in [2.45, 2.75) is 0 Å². The van der Waals surface area contributed by atoms with Gasteiger partial charge in [-0.3, -0.25) is 5.10 Å². The first-order valence-electron chi connectivity index (χ1n) is 5.13. The van der Waals surface area contributed by atoms with Gasteiger partial charge in [0.1, 0.15) is 5.82 Å². The van der Waals surface area contributed by atoms with Gasteiger partial charge in [0, 0.05) is 25.6 Å². The van der Waals surface area contributed by atoms with E-state index in [0.29, 0.717) is 0 Å². The highest BCUT2D eigenvalue weighted by molar-refractivity contribution is 9.10. The second-order valence-corrected chi connectivity index (χ2v) is 5.33. The second kappa shape index (κ2) is 6.01. The summed E-state index contributed by atoms with van der Waals surface area (Å²) in [6.07, 6.45) is 9.15. The van der Waals surface area contributed by atoms with Crippen molar-refractivity contribution < 1.29 is 0 Å². The first-order chi connectivity index (χ1) is 8.66. The molecule has 0 aromatic carbocycles. The molecule has 0 amide bonds. The normalized spacial score (nSPS) is 9.94. The predicted octanol–water partition coefficient (Wildman–Crippen LogP) is 3.15. The van der Waals surface area contributed by atoms with E-state index in [1.807, 2.05) is 40.8 Å². The number of hydrogen-bond donors (Lipinski definition) is 1. The van der Waals surface area contributed by atoms with Crippen LogP contribution in [-0.4, -0.2) is 24.5 Å². The summed E-state index contributed by atoms with van der Waals surface area (Å²) in [6, 6.07) is 4.00. The number of hydrogen-bond acceptors (Lipinski definition) is 2. The average Bonchev–Trinajstić information content (AvgIpc) is 3.03. The van der Waals surface area contributed by atoms with Crippen LogP contribution < -0.4 is 0 Å². The van der Waals surface area contributed by atoms with E-state index in [4.69, 9.17) is 0 Å². The fourth-order valence-electron chi connectivity index (χ4n) is 1.35. The van der Waals surface area contributed by atoms with E-state index in [0.717, 1.165) is 14.8 Å². The highest BCUT2D eigenvalue weighted by atomic mass is 79.9. The van der Waals surface area contributed by atoms with Gasteiger partial charge < -0.3 is 4.57 Å². The molecule has 18 heavy (non-hydrogen) atoms. The van der Waals surface area contributed by atoms with Crippen molar-refractivity contribution in [3.8, 4) is 5.82 Å². The standard InChI is InChI=1S/C8H8BrN3.C3H3BrN2/c1-11-4-2-3-8(11)12-6-7(9)5-10-12;4-3-1-5-6-2-3/h2-6H,1H3;1-2H,(H,5,6). The van der Waals surface area contributed by atoms with Gasteiger partial charge in [-0.05, 0) is 44.0 Å². The molecule has 0 atom stereocenters. The van der Waals surface area contributed by atoms with E-state index in [-0.39, 0.29) is 0 Å². The summed E-state index contributed by atoms with van der Waals surface area (Å²) in [4.78, 5) is 0. The predicted molar refractivity (Wildman–Crippen MR) is 76.5 cm³/mol. The van der Waals surface area contributed by atoms with Gasteiger partial charge in [0.15, 0.2) is 0 Å². The number of aryl methyl sites for hydroxylation is 1. The van der Waals surface area contributed by atoms with Crippen LogP contribution >= 0.6 is 31.9 Å². The summed E-state index contributed by atoms with van der Waals surface area (Å²) in [6.45, 7) is 0. The highest BCUT2D eigenvalue weighted by Gasteiger charge is 2.00. The maximum Gasteiger partial charge on any atom is 0.133 e. The van der Waals surface area contributed by atoms with E-state index < -0.39 is 0 Å². The van der Waals surface area contributed by atoms with E-state index in [1.165, 1.54) is 0 Å². The molecular formula is C11H11Br2N5. The Hall–Kier alpha value is -1.34. The third-order valence-corrected chi connectivity index (χ3v) is 3.01. The molecule has 1 N–H and O–H groups in total. The Labute approximate surface area is 121 Å². The van der Waals surface area contributed by atoms with E-state index in [1.54, 1.807) is 18.6 Å². The maximum absolute atomic E-state index is 4.17. The van der Waals surface area contributed by atoms with E-state index in [2.05, 4.69) is 47.2 Å². The van der Waals surface area contributed by atoms with Gasteiger partial charge in [0.2, 0.25) is 0 Å². The van der Waals surface area contributed by atoms with Crippen LogP contribution in [0.2, 0.25) is 0 Å². The first-order valence-corrected chi connectivity index (χ1v) is 6.71. The largest absolute Gasteiger partial charge is 0.336 e. The summed E-state index contributed by atoms with van der Waals surface area (Å²) in [5.41, 5.74) is 0. The lowest BCUT2D eigenvalue weighted by molar-refractivity contribution is 0.774. The third kappa shape index (κ3) is 3.33. The fraction of sp³-hybridized carbons (Fsp3) is 0.0909. The van der Waals surface area contributed by atoms with Crippen molar-refractivity contribution in [2.75, 3.05) is 0 Å². The van der Waals surface area contributed by atoms with Gasteiger partial charge in [0.25, 0.3) is 0 Å². The Kier molecular flexibility index (Phi) is 4.38. The van der Waals surface area contributed by atoms with E-state index in [9.17, 15) is 0 Å². The fourth-order valence-corrected chi connectivity index (χ4v) is 1.84. The van der Waals surface area contributed by atoms with Crippen molar-refractivity contribution in [2.24, 2.45) is 7.05 Å². The van der Waals surface area contributed by atoms with Crippen LogP contribution in [0, 0.1) is 0 Å². The molecule has 0 saturated heterocycles. The molecule has 0 saturated carbocycles. The van der Waals surface area contributed by atoms with Crippen molar-refractivity contribution in [3.63, 3.8) is 0 Å². The zero-order valence-corrected chi connectivity index (χ0v) is 12.8. The summed E-state index contributed by atoms with van der Waals surface area (Å²) in [5.74, 6) is 1.06. The molecule has 3 rings (SSSR count). The third-order valence-electron chi connectivity index (χ3n) is 2.17. The number of H-pyrrole nitrogens is 1. The number of nitrogens with zero attached hydrogens (tertiary/aromatic N) is 4. The molecule has 0 fully saturated rings. The number of aromatic amines is 1. The second-order valence-electron chi connectivity index (χ2n) is 3.50. The minimum Gasteiger partial charge on any atom is -0.336 e. The van der Waals surface area contributed by atoms with Crippen LogP contribution in [-0.2, 0) is 7.05 Å². The zero-order valence-electron chi connectivity index (χ0n) is 9.59. The molecule has 7 heteroatoms. The van der Waals surface area contributed by atoms with Crippen LogP contribution in [0.25, 0.3) is 5.82 Å². The van der Waals surface area contributed by atoms with Crippen molar-refractivity contribution in [1.29, 1.82) is 0 Å². The van der Waals surface area contributed by atoms with Crippen molar-refractivity contribution in [1.82, 2.24) is 24.5 Å². The molecule has 0 radical (unpaired) electrons. The smallest absolute Gasteiger partial charge is 0.133 e. The van der Waals surface area contributed by atoms with Crippen LogP contribution in [0.1, 0.15) is 0 Å². The van der Waals surface area contributed by atoms with Crippen LogP contribution in [0.5, 0.6) is 0 Å². The van der Waals surface area contributed by atoms with Gasteiger partial charge in [0.05, 0.1) is 21.3 Å². The molecule has 0 unspecified atom stereocenters. The Balaban J connectivity index is 0.000000169. The lowest BCUT2D eigenvalue weighted by Crippen LogP contribution is -2.00. The van der Waals surface area contributed by atoms with Gasteiger partial charge in [-0.15, -0.1) is 0 Å². The van der Waals surface area contributed by atoms with Gasteiger partial charge in [-0.25, -0.2) is 4.68 Å². The molecule has 0 bridgehead atoms. The van der Waals surface area contributed by atoms with Crippen molar-refractivity contribution >= 4 is 31.9 Å². The van der Waals surface area contributed by atoms with Gasteiger partial charge in [-0.2, -0.15) is 10.2 Å². The molecular weight excluding hydrogens is 362 g/mol. The molecule has 0 aliphatic rings. The summed E-state index contributed by atoms with van der Waals surface area (Å²) in [7, 11) is 1.99. The van der Waals surface area contributed by atoms with Crippen LogP contribution in [0.15, 0.2) is 52.1 Å². The molecule has 0 aliphatic carbocycles. The van der Waals surface area contributed by atoms with E-state index >= 15 is 0 Å². The summed E-state index contributed by atoms with van der Waals surface area (Å²) < 4.78 is 5.81. The van der Waals surface area contributed by atoms with Gasteiger partial charge in [-0.1, -0.05) is 0 Å². The van der Waals surface area contributed by atoms with Crippen LogP contribution in [0.3, 0.4) is 0 Å². The number of aromatic nitrogens is 5. The zero-order chi connectivity index (χ0) is 13.0. The highest BCUT2D eigenvalue weighted by Crippen LogP contribution is 2.11. The Morgan fingerprint density at radius 2 is 2.06 bits per heavy atom. The maximum atomic E-state index is 4.17. The van der Waals surface area contributed by atoms with Gasteiger partial charge >= 0.3 is 0 Å². The summed E-state index contributed by atoms with van der Waals surface area (Å²) >= 11 is 6.54. The number of halogens is 2. The van der Waals surface area contributed by atoms with Crippen LogP contribution in [0.4, 0.5) is 0 Å². The Morgan fingerprint density at radius 3 is 2.44 bits per heavy atom. The molecule has 5 nitrogen and oxygen atoms in total. The molecule has 3 heterocycles. The average molecular weight is 373 g/mol. The lowest BCUT2D eigenvalue weighted by Gasteiger charge is -2.00. The first kappa shape index (κ1) is 13.1. The SMILES string of the molecule is Brc1cn[nH]c1.Cn1cccc1-n1cc(Br)cn1. The topological polar surface area (TPSA) is 51.4 Å². The molecule has 0 spiro atoms. The number of rotatable bonds is 1.